The van der Waals surface area contributed by atoms with E-state index in [1.807, 2.05) is 18.2 Å². The van der Waals surface area contributed by atoms with Gasteiger partial charge in [-0.3, -0.25) is 4.79 Å². The van der Waals surface area contributed by atoms with E-state index < -0.39 is 0 Å². The Labute approximate surface area is 95.7 Å². The van der Waals surface area contributed by atoms with Crippen LogP contribution in [-0.4, -0.2) is 9.97 Å². The lowest BCUT2D eigenvalue weighted by molar-refractivity contribution is 1.31. The second kappa shape index (κ2) is 3.32. The van der Waals surface area contributed by atoms with Crippen LogP contribution in [0.25, 0.3) is 21.8 Å². The third-order valence-electron chi connectivity index (χ3n) is 2.54. The number of aromatic nitrogens is 2. The molecule has 0 radical (unpaired) electrons. The minimum absolute atomic E-state index is 0.104. The Morgan fingerprint density at radius 3 is 2.62 bits per heavy atom. The molecule has 3 rings (SSSR count). The van der Waals surface area contributed by atoms with Gasteiger partial charge < -0.3 is 4.98 Å². The third kappa shape index (κ3) is 1.29. The standard InChI is InChI=1S/C12H7ClN2O/c13-10-6-5-9-11(15-10)7-3-1-2-4-8(7)12(16)14-9/h1-6H,(H,14,16). The number of nitrogens with one attached hydrogen (secondary N) is 1. The first-order valence-electron chi connectivity index (χ1n) is 4.83. The third-order valence-corrected chi connectivity index (χ3v) is 2.75. The van der Waals surface area contributed by atoms with Crippen LogP contribution in [-0.2, 0) is 0 Å². The number of pyridine rings is 2. The lowest BCUT2D eigenvalue weighted by Gasteiger charge is -2.02. The van der Waals surface area contributed by atoms with Crippen molar-refractivity contribution in [3.63, 3.8) is 0 Å². The molecule has 0 fully saturated rings. The van der Waals surface area contributed by atoms with Crippen LogP contribution in [0.1, 0.15) is 0 Å². The Bertz CT molecular complexity index is 749. The zero-order chi connectivity index (χ0) is 11.1. The van der Waals surface area contributed by atoms with Gasteiger partial charge in [0.25, 0.3) is 5.56 Å². The van der Waals surface area contributed by atoms with Gasteiger partial charge in [0.1, 0.15) is 5.15 Å². The summed E-state index contributed by atoms with van der Waals surface area (Å²) in [6.45, 7) is 0. The second-order valence-electron chi connectivity index (χ2n) is 3.53. The summed E-state index contributed by atoms with van der Waals surface area (Å²) < 4.78 is 0. The van der Waals surface area contributed by atoms with Crippen LogP contribution in [0, 0.1) is 0 Å². The van der Waals surface area contributed by atoms with Crippen LogP contribution in [0.15, 0.2) is 41.2 Å². The van der Waals surface area contributed by atoms with Gasteiger partial charge in [-0.1, -0.05) is 29.8 Å². The summed E-state index contributed by atoms with van der Waals surface area (Å²) in [5.41, 5.74) is 1.32. The molecule has 0 saturated heterocycles. The van der Waals surface area contributed by atoms with E-state index in [2.05, 4.69) is 9.97 Å². The van der Waals surface area contributed by atoms with Crippen LogP contribution in [0.5, 0.6) is 0 Å². The fourth-order valence-corrected chi connectivity index (χ4v) is 1.97. The van der Waals surface area contributed by atoms with E-state index in [4.69, 9.17) is 11.6 Å². The summed E-state index contributed by atoms with van der Waals surface area (Å²) in [6.07, 6.45) is 0. The average Bonchev–Trinajstić information content (AvgIpc) is 2.31. The van der Waals surface area contributed by atoms with Gasteiger partial charge in [0, 0.05) is 10.8 Å². The van der Waals surface area contributed by atoms with E-state index in [9.17, 15) is 4.79 Å². The molecular formula is C12H7ClN2O. The van der Waals surface area contributed by atoms with Gasteiger partial charge in [0.15, 0.2) is 0 Å². The maximum Gasteiger partial charge on any atom is 0.256 e. The molecule has 0 unspecified atom stereocenters. The maximum absolute atomic E-state index is 11.8. The Balaban J connectivity index is 2.66. The number of benzene rings is 1. The van der Waals surface area contributed by atoms with Gasteiger partial charge in [-0.2, -0.15) is 0 Å². The van der Waals surface area contributed by atoms with Crippen molar-refractivity contribution in [3.8, 4) is 0 Å². The molecule has 1 N–H and O–H groups in total. The minimum Gasteiger partial charge on any atom is -0.320 e. The highest BCUT2D eigenvalue weighted by Gasteiger charge is 2.05. The molecule has 0 aliphatic heterocycles. The number of nitrogens with zero attached hydrogens (tertiary/aromatic N) is 1. The summed E-state index contributed by atoms with van der Waals surface area (Å²) >= 11 is 5.86. The van der Waals surface area contributed by atoms with Crippen molar-refractivity contribution in [3.05, 3.63) is 51.9 Å². The predicted octanol–water partition coefficient (Wildman–Crippen LogP) is 2.73. The molecule has 3 nitrogen and oxygen atoms in total. The topological polar surface area (TPSA) is 45.8 Å². The molecule has 4 heteroatoms. The Kier molecular flexibility index (Phi) is 1.94. The van der Waals surface area contributed by atoms with Crippen molar-refractivity contribution in [2.75, 3.05) is 0 Å². The van der Waals surface area contributed by atoms with E-state index in [0.717, 1.165) is 10.9 Å². The van der Waals surface area contributed by atoms with Crippen molar-refractivity contribution in [2.45, 2.75) is 0 Å². The molecule has 0 bridgehead atoms. The molecule has 0 spiro atoms. The van der Waals surface area contributed by atoms with Crippen molar-refractivity contribution in [1.29, 1.82) is 0 Å². The van der Waals surface area contributed by atoms with E-state index in [0.29, 0.717) is 16.1 Å². The molecule has 2 heterocycles. The number of hydrogen-bond donors (Lipinski definition) is 1. The first-order valence-corrected chi connectivity index (χ1v) is 5.21. The molecule has 0 aliphatic carbocycles. The molecule has 3 aromatic rings. The maximum atomic E-state index is 11.8. The van der Waals surface area contributed by atoms with E-state index in [1.54, 1.807) is 18.2 Å². The highest BCUT2D eigenvalue weighted by atomic mass is 35.5. The normalized spacial score (nSPS) is 11.1. The number of halogens is 1. The van der Waals surface area contributed by atoms with Gasteiger partial charge in [-0.25, -0.2) is 4.98 Å². The first kappa shape index (κ1) is 9.36. The fraction of sp³-hybridized carbons (Fsp3) is 0. The SMILES string of the molecule is O=c1[nH]c2ccc(Cl)nc2c2ccccc12. The monoisotopic (exact) mass is 230 g/mol. The lowest BCUT2D eigenvalue weighted by Crippen LogP contribution is -2.06. The molecule has 0 atom stereocenters. The number of rotatable bonds is 0. The lowest BCUT2D eigenvalue weighted by atomic mass is 10.1. The Morgan fingerprint density at radius 1 is 1.06 bits per heavy atom. The largest absolute Gasteiger partial charge is 0.320 e. The highest BCUT2D eigenvalue weighted by Crippen LogP contribution is 2.20. The number of aromatic amines is 1. The molecule has 78 valence electrons. The van der Waals surface area contributed by atoms with Crippen LogP contribution < -0.4 is 5.56 Å². The van der Waals surface area contributed by atoms with Gasteiger partial charge in [0.05, 0.1) is 11.0 Å². The molecule has 16 heavy (non-hydrogen) atoms. The van der Waals surface area contributed by atoms with E-state index >= 15 is 0 Å². The van der Waals surface area contributed by atoms with Crippen LogP contribution in [0.4, 0.5) is 0 Å². The summed E-state index contributed by atoms with van der Waals surface area (Å²) in [6, 6.07) is 10.8. The molecule has 0 aliphatic rings. The molecule has 2 aromatic heterocycles. The quantitative estimate of drug-likeness (QED) is 0.477. The summed E-state index contributed by atoms with van der Waals surface area (Å²) in [5.74, 6) is 0. The van der Waals surface area contributed by atoms with Gasteiger partial charge in [0.2, 0.25) is 0 Å². The number of H-pyrrole nitrogens is 1. The van der Waals surface area contributed by atoms with Gasteiger partial charge >= 0.3 is 0 Å². The van der Waals surface area contributed by atoms with Crippen LogP contribution in [0.2, 0.25) is 5.15 Å². The summed E-state index contributed by atoms with van der Waals surface area (Å²) in [7, 11) is 0. The molecule has 0 amide bonds. The van der Waals surface area contributed by atoms with Crippen LogP contribution >= 0.6 is 11.6 Å². The van der Waals surface area contributed by atoms with Crippen molar-refractivity contribution in [2.24, 2.45) is 0 Å². The van der Waals surface area contributed by atoms with Gasteiger partial charge in [-0.15, -0.1) is 0 Å². The zero-order valence-electron chi connectivity index (χ0n) is 8.20. The van der Waals surface area contributed by atoms with E-state index in [-0.39, 0.29) is 5.56 Å². The van der Waals surface area contributed by atoms with Gasteiger partial charge in [-0.05, 0) is 18.2 Å². The average molecular weight is 231 g/mol. The number of fused-ring (bicyclic) bond motifs is 3. The zero-order valence-corrected chi connectivity index (χ0v) is 8.95. The highest BCUT2D eigenvalue weighted by molar-refractivity contribution is 6.30. The summed E-state index contributed by atoms with van der Waals surface area (Å²) in [5, 5.41) is 1.87. The summed E-state index contributed by atoms with van der Waals surface area (Å²) in [4.78, 5) is 18.8. The minimum atomic E-state index is -0.104. The fourth-order valence-electron chi connectivity index (χ4n) is 1.82. The number of hydrogen-bond acceptors (Lipinski definition) is 2. The molecular weight excluding hydrogens is 224 g/mol. The Hall–Kier alpha value is -1.87. The molecule has 1 aromatic carbocycles. The van der Waals surface area contributed by atoms with Crippen molar-refractivity contribution in [1.82, 2.24) is 9.97 Å². The smallest absolute Gasteiger partial charge is 0.256 e. The Morgan fingerprint density at radius 2 is 1.81 bits per heavy atom. The molecule has 0 saturated carbocycles. The predicted molar refractivity (Wildman–Crippen MR) is 64.9 cm³/mol. The first-order chi connectivity index (χ1) is 7.75. The van der Waals surface area contributed by atoms with Crippen molar-refractivity contribution >= 4 is 33.4 Å². The van der Waals surface area contributed by atoms with Crippen LogP contribution in [0.3, 0.4) is 0 Å². The van der Waals surface area contributed by atoms with Crippen molar-refractivity contribution < 1.29 is 0 Å². The second-order valence-corrected chi connectivity index (χ2v) is 3.92. The van der Waals surface area contributed by atoms with E-state index in [1.165, 1.54) is 0 Å².